The van der Waals surface area contributed by atoms with E-state index in [0.29, 0.717) is 11.3 Å². The van der Waals surface area contributed by atoms with Gasteiger partial charge in [0.1, 0.15) is 5.69 Å². The minimum absolute atomic E-state index is 0.0365. The van der Waals surface area contributed by atoms with Crippen LogP contribution in [-0.4, -0.2) is 28.5 Å². The summed E-state index contributed by atoms with van der Waals surface area (Å²) >= 11 is 1.38. The highest BCUT2D eigenvalue weighted by atomic mass is 32.1. The van der Waals surface area contributed by atoms with E-state index >= 15 is 0 Å². The van der Waals surface area contributed by atoms with Crippen molar-refractivity contribution < 1.29 is 14.7 Å². The van der Waals surface area contributed by atoms with Gasteiger partial charge in [-0.25, -0.2) is 4.98 Å². The lowest BCUT2D eigenvalue weighted by atomic mass is 9.99. The Morgan fingerprint density at radius 2 is 2.05 bits per heavy atom. The number of hydrogen-bond acceptors (Lipinski definition) is 4. The Morgan fingerprint density at radius 3 is 2.60 bits per heavy atom. The van der Waals surface area contributed by atoms with E-state index in [1.807, 2.05) is 13.0 Å². The summed E-state index contributed by atoms with van der Waals surface area (Å²) in [5.74, 6) is -2.08. The lowest BCUT2D eigenvalue weighted by Crippen LogP contribution is -2.31. The number of benzene rings is 1. The third-order valence-electron chi connectivity index (χ3n) is 2.82. The van der Waals surface area contributed by atoms with Crippen LogP contribution in [0.15, 0.2) is 35.7 Å². The minimum atomic E-state index is -0.967. The second kappa shape index (κ2) is 6.29. The lowest BCUT2D eigenvalue weighted by molar-refractivity contribution is -0.138. The summed E-state index contributed by atoms with van der Waals surface area (Å²) < 4.78 is 0. The maximum atomic E-state index is 11.9. The molecule has 1 heterocycles. The summed E-state index contributed by atoms with van der Waals surface area (Å²) in [6.45, 7) is 1.85. The SMILES string of the molecule is Cc1nc(C(=O)NCC(C(=O)O)c2ccccc2)cs1. The van der Waals surface area contributed by atoms with Crippen LogP contribution >= 0.6 is 11.3 Å². The highest BCUT2D eigenvalue weighted by molar-refractivity contribution is 7.09. The van der Waals surface area contributed by atoms with E-state index in [9.17, 15) is 14.7 Å². The minimum Gasteiger partial charge on any atom is -0.481 e. The molecule has 0 saturated heterocycles. The first-order valence-corrected chi connectivity index (χ1v) is 6.94. The Hall–Kier alpha value is -2.21. The first-order valence-electron chi connectivity index (χ1n) is 6.06. The fourth-order valence-electron chi connectivity index (χ4n) is 1.79. The number of aryl methyl sites for hydroxylation is 1. The molecule has 2 rings (SSSR count). The summed E-state index contributed by atoms with van der Waals surface area (Å²) in [6, 6.07) is 8.84. The fourth-order valence-corrected chi connectivity index (χ4v) is 2.38. The predicted molar refractivity (Wildman–Crippen MR) is 76.0 cm³/mol. The topological polar surface area (TPSA) is 79.3 Å². The summed E-state index contributed by atoms with van der Waals surface area (Å²) in [7, 11) is 0. The van der Waals surface area contributed by atoms with E-state index in [1.54, 1.807) is 29.6 Å². The second-order valence-electron chi connectivity index (χ2n) is 4.26. The third-order valence-corrected chi connectivity index (χ3v) is 3.59. The molecule has 0 radical (unpaired) electrons. The van der Waals surface area contributed by atoms with Crippen LogP contribution in [-0.2, 0) is 4.79 Å². The Bertz CT molecular complexity index is 610. The van der Waals surface area contributed by atoms with Crippen molar-refractivity contribution in [2.24, 2.45) is 0 Å². The number of thiazole rings is 1. The summed E-state index contributed by atoms with van der Waals surface area (Å²) in [4.78, 5) is 27.2. The van der Waals surface area contributed by atoms with E-state index in [1.165, 1.54) is 11.3 Å². The molecule has 1 unspecified atom stereocenters. The molecule has 1 amide bonds. The van der Waals surface area contributed by atoms with Crippen LogP contribution in [0.2, 0.25) is 0 Å². The van der Waals surface area contributed by atoms with Crippen LogP contribution in [0.4, 0.5) is 0 Å². The number of carboxylic acid groups (broad SMARTS) is 1. The average molecular weight is 290 g/mol. The van der Waals surface area contributed by atoms with Crippen molar-refractivity contribution in [2.75, 3.05) is 6.54 Å². The highest BCUT2D eigenvalue weighted by Gasteiger charge is 2.21. The zero-order valence-electron chi connectivity index (χ0n) is 10.9. The average Bonchev–Trinajstić information content (AvgIpc) is 2.86. The molecular formula is C14H14N2O3S. The van der Waals surface area contributed by atoms with Gasteiger partial charge < -0.3 is 10.4 Å². The molecule has 6 heteroatoms. The third kappa shape index (κ3) is 3.42. The molecule has 0 fully saturated rings. The predicted octanol–water partition coefficient (Wildman–Crippen LogP) is 2.05. The van der Waals surface area contributed by atoms with E-state index in [4.69, 9.17) is 0 Å². The monoisotopic (exact) mass is 290 g/mol. The normalized spacial score (nSPS) is 11.8. The summed E-state index contributed by atoms with van der Waals surface area (Å²) in [5.41, 5.74) is 0.986. The van der Waals surface area contributed by atoms with Crippen molar-refractivity contribution in [3.8, 4) is 0 Å². The maximum Gasteiger partial charge on any atom is 0.312 e. The van der Waals surface area contributed by atoms with E-state index in [2.05, 4.69) is 10.3 Å². The number of rotatable bonds is 5. The number of carbonyl (C=O) groups is 2. The van der Waals surface area contributed by atoms with E-state index < -0.39 is 11.9 Å². The van der Waals surface area contributed by atoms with Crippen LogP contribution in [0.25, 0.3) is 0 Å². The van der Waals surface area contributed by atoms with Gasteiger partial charge in [-0.2, -0.15) is 0 Å². The Morgan fingerprint density at radius 1 is 1.35 bits per heavy atom. The second-order valence-corrected chi connectivity index (χ2v) is 5.33. The van der Waals surface area contributed by atoms with Gasteiger partial charge in [-0.15, -0.1) is 11.3 Å². The quantitative estimate of drug-likeness (QED) is 0.883. The van der Waals surface area contributed by atoms with Crippen molar-refractivity contribution >= 4 is 23.2 Å². The number of carbonyl (C=O) groups excluding carboxylic acids is 1. The number of aliphatic carboxylic acids is 1. The zero-order chi connectivity index (χ0) is 14.5. The van der Waals surface area contributed by atoms with Crippen LogP contribution in [0, 0.1) is 6.92 Å². The summed E-state index contributed by atoms with van der Waals surface area (Å²) in [5, 5.41) is 14.3. The van der Waals surface area contributed by atoms with Gasteiger partial charge in [-0.3, -0.25) is 9.59 Å². The molecule has 5 nitrogen and oxygen atoms in total. The Kier molecular flexibility index (Phi) is 4.47. The number of carboxylic acids is 1. The van der Waals surface area contributed by atoms with Gasteiger partial charge in [0.15, 0.2) is 0 Å². The summed E-state index contributed by atoms with van der Waals surface area (Å²) in [6.07, 6.45) is 0. The van der Waals surface area contributed by atoms with Crippen LogP contribution in [0.1, 0.15) is 27.0 Å². The maximum absolute atomic E-state index is 11.9. The zero-order valence-corrected chi connectivity index (χ0v) is 11.7. The largest absolute Gasteiger partial charge is 0.481 e. The van der Waals surface area contributed by atoms with Crippen molar-refractivity contribution in [2.45, 2.75) is 12.8 Å². The highest BCUT2D eigenvalue weighted by Crippen LogP contribution is 2.15. The molecule has 0 aliphatic heterocycles. The molecule has 104 valence electrons. The van der Waals surface area contributed by atoms with Gasteiger partial charge in [-0.1, -0.05) is 30.3 Å². The van der Waals surface area contributed by atoms with Crippen molar-refractivity contribution in [3.05, 3.63) is 52.0 Å². The van der Waals surface area contributed by atoms with Gasteiger partial charge in [-0.05, 0) is 12.5 Å². The Balaban J connectivity index is 2.03. The molecule has 2 aromatic rings. The Labute approximate surface area is 120 Å². The molecule has 1 atom stereocenters. The van der Waals surface area contributed by atoms with Crippen LogP contribution < -0.4 is 5.32 Å². The van der Waals surface area contributed by atoms with Crippen molar-refractivity contribution in [1.29, 1.82) is 0 Å². The number of hydrogen-bond donors (Lipinski definition) is 2. The first-order chi connectivity index (χ1) is 9.58. The van der Waals surface area contributed by atoms with Gasteiger partial charge in [0.05, 0.1) is 10.9 Å². The molecule has 0 bridgehead atoms. The van der Waals surface area contributed by atoms with Crippen molar-refractivity contribution in [1.82, 2.24) is 10.3 Å². The van der Waals surface area contributed by atoms with Crippen LogP contribution in [0.5, 0.6) is 0 Å². The first kappa shape index (κ1) is 14.2. The number of nitrogens with one attached hydrogen (secondary N) is 1. The molecule has 0 aliphatic rings. The van der Waals surface area contributed by atoms with E-state index in [0.717, 1.165) is 5.01 Å². The van der Waals surface area contributed by atoms with Gasteiger partial charge in [0.2, 0.25) is 0 Å². The van der Waals surface area contributed by atoms with E-state index in [-0.39, 0.29) is 12.5 Å². The molecule has 0 aliphatic carbocycles. The molecule has 20 heavy (non-hydrogen) atoms. The van der Waals surface area contributed by atoms with Crippen LogP contribution in [0.3, 0.4) is 0 Å². The van der Waals surface area contributed by atoms with Gasteiger partial charge >= 0.3 is 5.97 Å². The number of nitrogens with zero attached hydrogens (tertiary/aromatic N) is 1. The van der Waals surface area contributed by atoms with Gasteiger partial charge in [0, 0.05) is 11.9 Å². The molecule has 2 N–H and O–H groups in total. The fraction of sp³-hybridized carbons (Fsp3) is 0.214. The lowest BCUT2D eigenvalue weighted by Gasteiger charge is -2.13. The molecule has 1 aromatic carbocycles. The smallest absolute Gasteiger partial charge is 0.312 e. The molecule has 0 spiro atoms. The molecule has 0 saturated carbocycles. The van der Waals surface area contributed by atoms with Crippen molar-refractivity contribution in [3.63, 3.8) is 0 Å². The number of aromatic nitrogens is 1. The van der Waals surface area contributed by atoms with Gasteiger partial charge in [0.25, 0.3) is 5.91 Å². The molecule has 1 aromatic heterocycles. The number of amides is 1. The molecular weight excluding hydrogens is 276 g/mol. The standard InChI is InChI=1S/C14H14N2O3S/c1-9-16-12(8-20-9)13(17)15-7-11(14(18)19)10-5-3-2-4-6-10/h2-6,8,11H,7H2,1H3,(H,15,17)(H,18,19).